The summed E-state index contributed by atoms with van der Waals surface area (Å²) >= 11 is 0. The van der Waals surface area contributed by atoms with E-state index in [9.17, 15) is 14.0 Å². The van der Waals surface area contributed by atoms with Gasteiger partial charge in [-0.1, -0.05) is 19.8 Å². The molecular formula is C19H21FN2O3. The first kappa shape index (κ1) is 18.4. The normalized spacial score (nSPS) is 10.2. The lowest BCUT2D eigenvalue weighted by atomic mass is 10.2. The molecule has 0 heterocycles. The van der Waals surface area contributed by atoms with Gasteiger partial charge >= 0.3 is 0 Å². The molecule has 0 fully saturated rings. The summed E-state index contributed by atoms with van der Waals surface area (Å²) in [6.07, 6.45) is 3.24. The number of hydrogen-bond donors (Lipinski definition) is 2. The van der Waals surface area contributed by atoms with Gasteiger partial charge in [-0.3, -0.25) is 20.4 Å². The molecule has 0 radical (unpaired) electrons. The summed E-state index contributed by atoms with van der Waals surface area (Å²) in [5, 5.41) is 0. The van der Waals surface area contributed by atoms with Crippen molar-refractivity contribution in [3.05, 3.63) is 65.5 Å². The second kappa shape index (κ2) is 9.42. The van der Waals surface area contributed by atoms with E-state index in [1.165, 1.54) is 24.3 Å². The molecule has 132 valence electrons. The van der Waals surface area contributed by atoms with Crippen LogP contribution in [0.2, 0.25) is 0 Å². The van der Waals surface area contributed by atoms with Crippen LogP contribution in [0.3, 0.4) is 0 Å². The summed E-state index contributed by atoms with van der Waals surface area (Å²) in [5.74, 6) is -0.710. The Morgan fingerprint density at radius 2 is 1.40 bits per heavy atom. The molecule has 2 rings (SSSR count). The molecule has 0 saturated carbocycles. The van der Waals surface area contributed by atoms with Crippen LogP contribution in [0, 0.1) is 5.82 Å². The maximum Gasteiger partial charge on any atom is 0.269 e. The van der Waals surface area contributed by atoms with Crippen LogP contribution in [0.1, 0.15) is 46.9 Å². The fraction of sp³-hybridized carbons (Fsp3) is 0.263. The van der Waals surface area contributed by atoms with Crippen molar-refractivity contribution < 1.29 is 18.7 Å². The van der Waals surface area contributed by atoms with E-state index in [0.29, 0.717) is 17.9 Å². The molecule has 0 aliphatic heterocycles. The molecule has 0 unspecified atom stereocenters. The third-order valence-corrected chi connectivity index (χ3v) is 3.53. The molecule has 2 N–H and O–H groups in total. The third-order valence-electron chi connectivity index (χ3n) is 3.53. The zero-order chi connectivity index (χ0) is 18.1. The Hall–Kier alpha value is -2.89. The lowest BCUT2D eigenvalue weighted by molar-refractivity contribution is 0.0846. The summed E-state index contributed by atoms with van der Waals surface area (Å²) in [4.78, 5) is 23.9. The van der Waals surface area contributed by atoms with Gasteiger partial charge in [0.2, 0.25) is 0 Å². The number of rotatable bonds is 7. The number of carbonyl (C=O) groups excluding carboxylic acids is 2. The molecule has 25 heavy (non-hydrogen) atoms. The largest absolute Gasteiger partial charge is 0.494 e. The molecule has 0 aromatic heterocycles. The quantitative estimate of drug-likeness (QED) is 0.597. The van der Waals surface area contributed by atoms with E-state index >= 15 is 0 Å². The van der Waals surface area contributed by atoms with Gasteiger partial charge in [-0.05, 0) is 55.0 Å². The van der Waals surface area contributed by atoms with Crippen molar-refractivity contribution in [3.8, 4) is 5.75 Å². The van der Waals surface area contributed by atoms with E-state index in [1.54, 1.807) is 24.3 Å². The Balaban J connectivity index is 1.82. The van der Waals surface area contributed by atoms with Gasteiger partial charge in [0, 0.05) is 11.1 Å². The minimum atomic E-state index is -0.524. The van der Waals surface area contributed by atoms with Crippen molar-refractivity contribution in [1.29, 1.82) is 0 Å². The van der Waals surface area contributed by atoms with Crippen LogP contribution in [-0.2, 0) is 0 Å². The van der Waals surface area contributed by atoms with E-state index in [1.807, 2.05) is 0 Å². The average molecular weight is 344 g/mol. The highest BCUT2D eigenvalue weighted by atomic mass is 19.1. The first-order valence-corrected chi connectivity index (χ1v) is 8.19. The van der Waals surface area contributed by atoms with Gasteiger partial charge < -0.3 is 4.74 Å². The number of halogens is 1. The van der Waals surface area contributed by atoms with Crippen LogP contribution >= 0.6 is 0 Å². The maximum absolute atomic E-state index is 12.8. The predicted octanol–water partition coefficient (Wildman–Crippen LogP) is 3.47. The average Bonchev–Trinajstić information content (AvgIpc) is 2.64. The van der Waals surface area contributed by atoms with Crippen LogP contribution in [0.5, 0.6) is 5.75 Å². The van der Waals surface area contributed by atoms with E-state index in [4.69, 9.17) is 4.74 Å². The van der Waals surface area contributed by atoms with Crippen molar-refractivity contribution in [1.82, 2.24) is 10.9 Å². The van der Waals surface area contributed by atoms with Crippen molar-refractivity contribution in [2.24, 2.45) is 0 Å². The number of benzene rings is 2. The van der Waals surface area contributed by atoms with Gasteiger partial charge in [0.15, 0.2) is 0 Å². The Morgan fingerprint density at radius 1 is 0.880 bits per heavy atom. The molecule has 2 aromatic carbocycles. The van der Waals surface area contributed by atoms with Crippen molar-refractivity contribution in [3.63, 3.8) is 0 Å². The molecule has 2 aromatic rings. The highest BCUT2D eigenvalue weighted by molar-refractivity contribution is 5.99. The van der Waals surface area contributed by atoms with Crippen LogP contribution in [-0.4, -0.2) is 18.4 Å². The first-order chi connectivity index (χ1) is 12.1. The summed E-state index contributed by atoms with van der Waals surface area (Å²) in [6, 6.07) is 11.7. The van der Waals surface area contributed by atoms with Crippen LogP contribution in [0.4, 0.5) is 4.39 Å². The highest BCUT2D eigenvalue weighted by Crippen LogP contribution is 2.13. The smallest absolute Gasteiger partial charge is 0.269 e. The third kappa shape index (κ3) is 5.91. The second-order valence-corrected chi connectivity index (χ2v) is 5.50. The van der Waals surface area contributed by atoms with Crippen molar-refractivity contribution >= 4 is 11.8 Å². The fourth-order valence-corrected chi connectivity index (χ4v) is 2.10. The molecule has 0 aliphatic rings. The number of nitrogens with one attached hydrogen (secondary N) is 2. The standard InChI is InChI=1S/C19H21FN2O3/c1-2-3-4-13-25-17-11-7-15(8-12-17)19(24)22-21-18(23)14-5-9-16(20)10-6-14/h5-12H,2-4,13H2,1H3,(H,21,23)(H,22,24). The monoisotopic (exact) mass is 344 g/mol. The lowest BCUT2D eigenvalue weighted by Crippen LogP contribution is -2.41. The minimum Gasteiger partial charge on any atom is -0.494 e. The summed E-state index contributed by atoms with van der Waals surface area (Å²) in [6.45, 7) is 2.77. The Morgan fingerprint density at radius 3 is 1.92 bits per heavy atom. The minimum absolute atomic E-state index is 0.248. The van der Waals surface area contributed by atoms with E-state index in [-0.39, 0.29) is 5.56 Å². The topological polar surface area (TPSA) is 67.4 Å². The lowest BCUT2D eigenvalue weighted by Gasteiger charge is -2.09. The summed E-state index contributed by atoms with van der Waals surface area (Å²) < 4.78 is 18.4. The molecule has 0 bridgehead atoms. The second-order valence-electron chi connectivity index (χ2n) is 5.50. The van der Waals surface area contributed by atoms with Crippen molar-refractivity contribution in [2.45, 2.75) is 26.2 Å². The van der Waals surface area contributed by atoms with Gasteiger partial charge in [-0.15, -0.1) is 0 Å². The number of unbranched alkanes of at least 4 members (excludes halogenated alkanes) is 2. The summed E-state index contributed by atoms with van der Waals surface area (Å²) in [7, 11) is 0. The van der Waals surface area contributed by atoms with Crippen LogP contribution in [0.15, 0.2) is 48.5 Å². The number of amides is 2. The Labute approximate surface area is 146 Å². The van der Waals surface area contributed by atoms with E-state index in [0.717, 1.165) is 19.3 Å². The Bertz CT molecular complexity index is 700. The summed E-state index contributed by atoms with van der Waals surface area (Å²) in [5.41, 5.74) is 5.24. The number of hydrogen-bond acceptors (Lipinski definition) is 3. The first-order valence-electron chi connectivity index (χ1n) is 8.19. The SMILES string of the molecule is CCCCCOc1ccc(C(=O)NNC(=O)c2ccc(F)cc2)cc1. The number of carbonyl (C=O) groups is 2. The maximum atomic E-state index is 12.8. The zero-order valence-electron chi connectivity index (χ0n) is 14.0. The van der Waals surface area contributed by atoms with Gasteiger partial charge in [0.25, 0.3) is 11.8 Å². The van der Waals surface area contributed by atoms with Crippen molar-refractivity contribution in [2.75, 3.05) is 6.61 Å². The number of hydrazine groups is 1. The molecule has 0 saturated heterocycles. The molecule has 5 nitrogen and oxygen atoms in total. The van der Waals surface area contributed by atoms with Gasteiger partial charge in [-0.25, -0.2) is 4.39 Å². The van der Waals surface area contributed by atoms with Gasteiger partial charge in [-0.2, -0.15) is 0 Å². The molecule has 2 amide bonds. The van der Waals surface area contributed by atoms with Gasteiger partial charge in [0.1, 0.15) is 11.6 Å². The van der Waals surface area contributed by atoms with Crippen LogP contribution in [0.25, 0.3) is 0 Å². The molecule has 0 aliphatic carbocycles. The fourth-order valence-electron chi connectivity index (χ4n) is 2.10. The van der Waals surface area contributed by atoms with E-state index in [2.05, 4.69) is 17.8 Å². The Kier molecular flexibility index (Phi) is 6.95. The molecule has 6 heteroatoms. The molecular weight excluding hydrogens is 323 g/mol. The highest BCUT2D eigenvalue weighted by Gasteiger charge is 2.09. The zero-order valence-corrected chi connectivity index (χ0v) is 14.0. The van der Waals surface area contributed by atoms with Gasteiger partial charge in [0.05, 0.1) is 6.61 Å². The molecule has 0 atom stereocenters. The molecule has 0 spiro atoms. The number of ether oxygens (including phenoxy) is 1. The predicted molar refractivity (Wildman–Crippen MR) is 92.8 cm³/mol. The van der Waals surface area contributed by atoms with E-state index < -0.39 is 17.6 Å². The van der Waals surface area contributed by atoms with Crippen LogP contribution < -0.4 is 15.6 Å².